The van der Waals surface area contributed by atoms with Gasteiger partial charge in [0.25, 0.3) is 5.91 Å². The highest BCUT2D eigenvalue weighted by atomic mass is 35.5. The molecule has 1 atom stereocenters. The topological polar surface area (TPSA) is 134 Å². The van der Waals surface area contributed by atoms with Crippen molar-refractivity contribution < 1.29 is 14.7 Å². The predicted molar refractivity (Wildman–Crippen MR) is 132 cm³/mol. The van der Waals surface area contributed by atoms with Crippen LogP contribution in [0.4, 0.5) is 0 Å². The van der Waals surface area contributed by atoms with E-state index in [0.717, 1.165) is 5.56 Å². The van der Waals surface area contributed by atoms with Gasteiger partial charge in [-0.2, -0.15) is 0 Å². The summed E-state index contributed by atoms with van der Waals surface area (Å²) in [5.41, 5.74) is 10.2. The molecule has 0 aliphatic rings. The number of carbonyl (C=O) groups is 2. The number of hydrazone groups is 1. The van der Waals surface area contributed by atoms with E-state index in [2.05, 4.69) is 10.6 Å². The average Bonchev–Trinajstić information content (AvgIpc) is 2.82. The molecule has 0 heterocycles. The largest absolute Gasteiger partial charge is 0.480 e. The molecule has 34 heavy (non-hydrogen) atoms. The number of rotatable bonds is 9. The molecule has 176 valence electrons. The average molecular weight is 500 g/mol. The predicted octanol–water partition coefficient (Wildman–Crippen LogP) is 3.42. The fourth-order valence-electron chi connectivity index (χ4n) is 3.47. The Kier molecular flexibility index (Phi) is 8.48. The van der Waals surface area contributed by atoms with Gasteiger partial charge in [-0.1, -0.05) is 71.7 Å². The Hall–Kier alpha value is -3.59. The van der Waals surface area contributed by atoms with Crippen LogP contribution in [0.2, 0.25) is 10.0 Å². The van der Waals surface area contributed by atoms with Crippen LogP contribution in [0.3, 0.4) is 0 Å². The first-order chi connectivity index (χ1) is 16.3. The zero-order chi connectivity index (χ0) is 24.7. The van der Waals surface area contributed by atoms with E-state index in [1.807, 2.05) is 30.3 Å². The SMILES string of the molecule is NN/N=C(\N)c1cccc(CN(C(=O)c2ccc(Cl)cc2Cl)C(Cc2ccccc2)C(=O)O)c1. The van der Waals surface area contributed by atoms with Crippen LogP contribution >= 0.6 is 23.2 Å². The summed E-state index contributed by atoms with van der Waals surface area (Å²) in [5, 5.41) is 14.3. The van der Waals surface area contributed by atoms with Crippen LogP contribution in [0.5, 0.6) is 0 Å². The van der Waals surface area contributed by atoms with E-state index in [9.17, 15) is 14.7 Å². The lowest BCUT2D eigenvalue weighted by molar-refractivity contribution is -0.142. The number of hydrogen-bond acceptors (Lipinski definition) is 5. The Morgan fingerprint density at radius 2 is 1.71 bits per heavy atom. The number of halogens is 2. The molecule has 0 radical (unpaired) electrons. The molecular formula is C24H23Cl2N5O3. The molecule has 6 N–H and O–H groups in total. The second-order valence-corrected chi connectivity index (χ2v) is 8.27. The van der Waals surface area contributed by atoms with Crippen LogP contribution < -0.4 is 17.1 Å². The number of carboxylic acids is 1. The molecule has 3 aromatic rings. The van der Waals surface area contributed by atoms with Crippen LogP contribution in [-0.4, -0.2) is 33.8 Å². The van der Waals surface area contributed by atoms with Crippen molar-refractivity contribution in [3.05, 3.63) is 105 Å². The molecule has 3 aromatic carbocycles. The highest BCUT2D eigenvalue weighted by Gasteiger charge is 2.32. The zero-order valence-electron chi connectivity index (χ0n) is 18.0. The smallest absolute Gasteiger partial charge is 0.326 e. The maximum Gasteiger partial charge on any atom is 0.326 e. The van der Waals surface area contributed by atoms with Crippen molar-refractivity contribution in [2.24, 2.45) is 16.7 Å². The summed E-state index contributed by atoms with van der Waals surface area (Å²) in [6.07, 6.45) is 0.105. The molecule has 0 saturated heterocycles. The van der Waals surface area contributed by atoms with Crippen molar-refractivity contribution in [1.29, 1.82) is 0 Å². The van der Waals surface area contributed by atoms with E-state index in [0.29, 0.717) is 16.1 Å². The minimum Gasteiger partial charge on any atom is -0.480 e. The van der Waals surface area contributed by atoms with Crippen molar-refractivity contribution in [2.45, 2.75) is 19.0 Å². The first kappa shape index (κ1) is 25.0. The number of benzene rings is 3. The molecule has 0 aliphatic carbocycles. The van der Waals surface area contributed by atoms with Gasteiger partial charge in [0.05, 0.1) is 10.6 Å². The van der Waals surface area contributed by atoms with E-state index >= 15 is 0 Å². The normalized spacial score (nSPS) is 12.1. The molecular weight excluding hydrogens is 477 g/mol. The number of amides is 1. The van der Waals surface area contributed by atoms with E-state index in [-0.39, 0.29) is 29.4 Å². The van der Waals surface area contributed by atoms with Crippen molar-refractivity contribution >= 4 is 40.9 Å². The van der Waals surface area contributed by atoms with Crippen LogP contribution in [0.25, 0.3) is 0 Å². The Bertz CT molecular complexity index is 1200. The van der Waals surface area contributed by atoms with Crippen molar-refractivity contribution in [3.8, 4) is 0 Å². The minimum atomic E-state index is -1.16. The lowest BCUT2D eigenvalue weighted by Crippen LogP contribution is -2.46. The maximum absolute atomic E-state index is 13.6. The summed E-state index contributed by atoms with van der Waals surface area (Å²) >= 11 is 12.3. The van der Waals surface area contributed by atoms with E-state index in [4.69, 9.17) is 34.8 Å². The van der Waals surface area contributed by atoms with Crippen molar-refractivity contribution in [1.82, 2.24) is 10.4 Å². The molecule has 1 amide bonds. The molecule has 8 nitrogen and oxygen atoms in total. The van der Waals surface area contributed by atoms with Gasteiger partial charge in [0.15, 0.2) is 5.84 Å². The minimum absolute atomic E-state index is 0.0151. The second-order valence-electron chi connectivity index (χ2n) is 7.43. The van der Waals surface area contributed by atoms with E-state index in [1.165, 1.54) is 23.1 Å². The number of carbonyl (C=O) groups excluding carboxylic acids is 1. The van der Waals surface area contributed by atoms with Gasteiger partial charge in [-0.25, -0.2) is 16.2 Å². The summed E-state index contributed by atoms with van der Waals surface area (Å²) in [6, 6.07) is 19.3. The summed E-state index contributed by atoms with van der Waals surface area (Å²) in [6.45, 7) is -0.0151. The fraction of sp³-hybridized carbons (Fsp3) is 0.125. The summed E-state index contributed by atoms with van der Waals surface area (Å²) in [4.78, 5) is 27.2. The number of nitrogens with zero attached hydrogens (tertiary/aromatic N) is 2. The number of amidine groups is 1. The van der Waals surface area contributed by atoms with Gasteiger partial charge < -0.3 is 15.7 Å². The Morgan fingerprint density at radius 3 is 2.35 bits per heavy atom. The van der Waals surface area contributed by atoms with E-state index in [1.54, 1.807) is 24.3 Å². The third-order valence-corrected chi connectivity index (χ3v) is 5.66. The Labute approximate surface area is 206 Å². The lowest BCUT2D eigenvalue weighted by atomic mass is 10.0. The third kappa shape index (κ3) is 6.26. The van der Waals surface area contributed by atoms with Gasteiger partial charge in [-0.05, 0) is 35.4 Å². The van der Waals surface area contributed by atoms with Crippen molar-refractivity contribution in [3.63, 3.8) is 0 Å². The highest BCUT2D eigenvalue weighted by molar-refractivity contribution is 6.36. The van der Waals surface area contributed by atoms with Gasteiger partial charge in [-0.3, -0.25) is 4.79 Å². The Morgan fingerprint density at radius 1 is 1.00 bits per heavy atom. The number of hydrogen-bond donors (Lipinski definition) is 4. The fourth-order valence-corrected chi connectivity index (χ4v) is 3.96. The molecule has 0 bridgehead atoms. The first-order valence-electron chi connectivity index (χ1n) is 10.2. The molecule has 0 aliphatic heterocycles. The summed E-state index contributed by atoms with van der Waals surface area (Å²) < 4.78 is 0. The molecule has 0 fully saturated rings. The molecule has 0 saturated carbocycles. The van der Waals surface area contributed by atoms with Crippen LogP contribution in [0, 0.1) is 0 Å². The van der Waals surface area contributed by atoms with Crippen LogP contribution in [0.15, 0.2) is 77.9 Å². The first-order valence-corrected chi connectivity index (χ1v) is 11.0. The Balaban J connectivity index is 2.04. The van der Waals surface area contributed by atoms with Crippen molar-refractivity contribution in [2.75, 3.05) is 0 Å². The molecule has 0 spiro atoms. The highest BCUT2D eigenvalue weighted by Crippen LogP contribution is 2.25. The van der Waals surface area contributed by atoms with Gasteiger partial charge in [0.2, 0.25) is 0 Å². The quantitative estimate of drug-likeness (QED) is 0.154. The molecule has 3 rings (SSSR count). The zero-order valence-corrected chi connectivity index (χ0v) is 19.5. The number of nitrogens with two attached hydrogens (primary N) is 2. The number of aliphatic carboxylic acids is 1. The molecule has 10 heteroatoms. The van der Waals surface area contributed by atoms with Gasteiger partial charge in [0.1, 0.15) is 6.04 Å². The number of hydrazine groups is 1. The second kappa shape index (κ2) is 11.5. The van der Waals surface area contributed by atoms with Gasteiger partial charge in [0, 0.05) is 23.6 Å². The molecule has 0 aromatic heterocycles. The van der Waals surface area contributed by atoms with Gasteiger partial charge in [-0.15, -0.1) is 5.10 Å². The standard InChI is InChI=1S/C24H23Cl2N5O3/c25-18-9-10-19(20(26)13-18)23(32)31(21(24(33)34)12-15-5-2-1-3-6-15)14-16-7-4-8-17(11-16)22(27)29-30-28/h1-11,13,21,30H,12,14,28H2,(H2,27,29)(H,33,34). The molecule has 1 unspecified atom stereocenters. The monoisotopic (exact) mass is 499 g/mol. The maximum atomic E-state index is 13.6. The van der Waals surface area contributed by atoms with Crippen LogP contribution in [-0.2, 0) is 17.8 Å². The van der Waals surface area contributed by atoms with E-state index < -0.39 is 17.9 Å². The number of nitrogens with one attached hydrogen (secondary N) is 1. The van der Waals surface area contributed by atoms with Gasteiger partial charge >= 0.3 is 5.97 Å². The summed E-state index contributed by atoms with van der Waals surface area (Å²) in [5.74, 6) is 3.66. The van der Waals surface area contributed by atoms with Crippen LogP contribution in [0.1, 0.15) is 27.0 Å². The lowest BCUT2D eigenvalue weighted by Gasteiger charge is -2.30. The number of carboxylic acid groups (broad SMARTS) is 1. The summed E-state index contributed by atoms with van der Waals surface area (Å²) in [7, 11) is 0. The third-order valence-electron chi connectivity index (χ3n) is 5.12.